The first-order valence-corrected chi connectivity index (χ1v) is 7.98. The van der Waals surface area contributed by atoms with E-state index in [0.717, 1.165) is 25.0 Å². The lowest BCUT2D eigenvalue weighted by Gasteiger charge is -2.16. The van der Waals surface area contributed by atoms with E-state index in [9.17, 15) is 0 Å². The monoisotopic (exact) mass is 285 g/mol. The Morgan fingerprint density at radius 1 is 1.20 bits per heavy atom. The Bertz CT molecular complexity index is 657. The number of rotatable bonds is 6. The highest BCUT2D eigenvalue weighted by atomic mass is 32.1. The lowest BCUT2D eigenvalue weighted by atomic mass is 10.0. The normalized spacial score (nSPS) is 12.8. The maximum absolute atomic E-state index is 5.68. The van der Waals surface area contributed by atoms with Crippen molar-refractivity contribution < 1.29 is 4.42 Å². The van der Waals surface area contributed by atoms with Crippen LogP contribution in [0.4, 0.5) is 0 Å². The summed E-state index contributed by atoms with van der Waals surface area (Å²) in [5.41, 5.74) is 2.25. The molecular formula is C17H19NOS. The zero-order chi connectivity index (χ0) is 13.8. The van der Waals surface area contributed by atoms with E-state index in [0.29, 0.717) is 6.04 Å². The van der Waals surface area contributed by atoms with Gasteiger partial charge in [0.1, 0.15) is 5.58 Å². The number of para-hydroxylation sites is 1. The minimum absolute atomic E-state index is 0.353. The van der Waals surface area contributed by atoms with E-state index < -0.39 is 0 Å². The third kappa shape index (κ3) is 2.79. The van der Waals surface area contributed by atoms with Crippen LogP contribution >= 0.6 is 11.3 Å². The average molecular weight is 285 g/mol. The van der Waals surface area contributed by atoms with Crippen molar-refractivity contribution in [3.63, 3.8) is 0 Å². The Balaban J connectivity index is 1.82. The highest BCUT2D eigenvalue weighted by molar-refractivity contribution is 7.09. The molecule has 1 atom stereocenters. The second-order valence-corrected chi connectivity index (χ2v) is 5.95. The van der Waals surface area contributed by atoms with Gasteiger partial charge in [0.25, 0.3) is 0 Å². The number of thiophene rings is 1. The van der Waals surface area contributed by atoms with Crippen LogP contribution in [-0.4, -0.2) is 6.54 Å². The second kappa shape index (κ2) is 6.25. The summed E-state index contributed by atoms with van der Waals surface area (Å²) in [7, 11) is 0. The Morgan fingerprint density at radius 2 is 2.10 bits per heavy atom. The topological polar surface area (TPSA) is 25.2 Å². The van der Waals surface area contributed by atoms with Crippen molar-refractivity contribution in [2.45, 2.75) is 25.8 Å². The average Bonchev–Trinajstić information content (AvgIpc) is 3.13. The number of aryl methyl sites for hydroxylation is 1. The van der Waals surface area contributed by atoms with Crippen molar-refractivity contribution in [3.8, 4) is 0 Å². The van der Waals surface area contributed by atoms with Crippen molar-refractivity contribution in [3.05, 3.63) is 58.5 Å². The van der Waals surface area contributed by atoms with Crippen molar-refractivity contribution >= 4 is 22.3 Å². The van der Waals surface area contributed by atoms with Crippen LogP contribution < -0.4 is 5.32 Å². The van der Waals surface area contributed by atoms with Crippen LogP contribution in [0, 0.1) is 0 Å². The van der Waals surface area contributed by atoms with Gasteiger partial charge in [-0.25, -0.2) is 0 Å². The van der Waals surface area contributed by atoms with Crippen LogP contribution in [0.2, 0.25) is 0 Å². The van der Waals surface area contributed by atoms with Gasteiger partial charge in [0.2, 0.25) is 0 Å². The highest BCUT2D eigenvalue weighted by Gasteiger charge is 2.16. The summed E-state index contributed by atoms with van der Waals surface area (Å²) in [6.07, 6.45) is 4.11. The third-order valence-electron chi connectivity index (χ3n) is 3.60. The molecule has 1 aromatic carbocycles. The van der Waals surface area contributed by atoms with Crippen LogP contribution in [0.3, 0.4) is 0 Å². The lowest BCUT2D eigenvalue weighted by Crippen LogP contribution is -2.21. The Kier molecular flexibility index (Phi) is 4.19. The fourth-order valence-electron chi connectivity index (χ4n) is 2.62. The Morgan fingerprint density at radius 3 is 2.90 bits per heavy atom. The lowest BCUT2D eigenvalue weighted by molar-refractivity contribution is 0.508. The van der Waals surface area contributed by atoms with E-state index in [1.165, 1.54) is 15.8 Å². The maximum atomic E-state index is 5.68. The molecule has 3 rings (SSSR count). The molecular weight excluding hydrogens is 266 g/mol. The number of nitrogens with one attached hydrogen (secondary N) is 1. The Hall–Kier alpha value is -1.58. The molecule has 0 aliphatic carbocycles. The minimum atomic E-state index is 0.353. The van der Waals surface area contributed by atoms with E-state index in [-0.39, 0.29) is 0 Å². The van der Waals surface area contributed by atoms with Crippen LogP contribution in [0.15, 0.2) is 52.5 Å². The van der Waals surface area contributed by atoms with Gasteiger partial charge in [-0.1, -0.05) is 31.2 Å². The van der Waals surface area contributed by atoms with E-state index in [2.05, 4.69) is 41.9 Å². The van der Waals surface area contributed by atoms with Gasteiger partial charge in [0.15, 0.2) is 0 Å². The third-order valence-corrected chi connectivity index (χ3v) is 4.53. The molecule has 3 aromatic rings. The quantitative estimate of drug-likeness (QED) is 0.705. The van der Waals surface area contributed by atoms with Crippen molar-refractivity contribution in [2.75, 3.05) is 6.54 Å². The van der Waals surface area contributed by atoms with Gasteiger partial charge in [-0.05, 0) is 36.9 Å². The minimum Gasteiger partial charge on any atom is -0.464 e. The molecule has 0 aliphatic rings. The van der Waals surface area contributed by atoms with Crippen LogP contribution in [0.25, 0.3) is 11.0 Å². The van der Waals surface area contributed by atoms with Gasteiger partial charge < -0.3 is 9.73 Å². The molecule has 0 radical (unpaired) electrons. The SMILES string of the molecule is CCNC(CCc1cccs1)c1coc2ccccc12. The first kappa shape index (κ1) is 13.4. The summed E-state index contributed by atoms with van der Waals surface area (Å²) in [6.45, 7) is 3.12. The Labute approximate surface area is 123 Å². The molecule has 0 aliphatic heterocycles. The summed E-state index contributed by atoms with van der Waals surface area (Å²) >= 11 is 1.83. The molecule has 0 saturated carbocycles. The molecule has 20 heavy (non-hydrogen) atoms. The summed E-state index contributed by atoms with van der Waals surface area (Å²) in [5.74, 6) is 0. The second-order valence-electron chi connectivity index (χ2n) is 4.92. The van der Waals surface area contributed by atoms with Gasteiger partial charge in [0.05, 0.1) is 6.26 Å². The van der Waals surface area contributed by atoms with Crippen LogP contribution in [-0.2, 0) is 6.42 Å². The molecule has 3 heteroatoms. The number of hydrogen-bond donors (Lipinski definition) is 1. The molecule has 1 N–H and O–H groups in total. The van der Waals surface area contributed by atoms with Crippen LogP contribution in [0.5, 0.6) is 0 Å². The highest BCUT2D eigenvalue weighted by Crippen LogP contribution is 2.29. The number of fused-ring (bicyclic) bond motifs is 1. The number of hydrogen-bond acceptors (Lipinski definition) is 3. The fourth-order valence-corrected chi connectivity index (χ4v) is 3.35. The molecule has 2 nitrogen and oxygen atoms in total. The van der Waals surface area contributed by atoms with Gasteiger partial charge in [-0.3, -0.25) is 0 Å². The van der Waals surface area contributed by atoms with Gasteiger partial charge >= 0.3 is 0 Å². The van der Waals surface area contributed by atoms with Crippen molar-refractivity contribution in [2.24, 2.45) is 0 Å². The first-order chi connectivity index (χ1) is 9.88. The van der Waals surface area contributed by atoms with E-state index in [1.807, 2.05) is 29.7 Å². The summed E-state index contributed by atoms with van der Waals surface area (Å²) in [4.78, 5) is 1.45. The van der Waals surface area contributed by atoms with E-state index in [1.54, 1.807) is 0 Å². The van der Waals surface area contributed by atoms with Crippen molar-refractivity contribution in [1.29, 1.82) is 0 Å². The molecule has 0 bridgehead atoms. The summed E-state index contributed by atoms with van der Waals surface area (Å²) < 4.78 is 5.68. The summed E-state index contributed by atoms with van der Waals surface area (Å²) in [6, 6.07) is 12.9. The van der Waals surface area contributed by atoms with Crippen LogP contribution in [0.1, 0.15) is 29.8 Å². The molecule has 0 spiro atoms. The van der Waals surface area contributed by atoms with E-state index >= 15 is 0 Å². The van der Waals surface area contributed by atoms with Gasteiger partial charge in [-0.15, -0.1) is 11.3 Å². The zero-order valence-corrected chi connectivity index (χ0v) is 12.5. The largest absolute Gasteiger partial charge is 0.464 e. The molecule has 0 fully saturated rings. The molecule has 1 unspecified atom stereocenters. The molecule has 0 amide bonds. The zero-order valence-electron chi connectivity index (χ0n) is 11.6. The predicted octanol–water partition coefficient (Wildman–Crippen LogP) is 4.78. The number of furan rings is 1. The standard InChI is InChI=1S/C17H19NOS/c1-2-18-16(10-9-13-6-5-11-20-13)15-12-19-17-8-4-3-7-14(15)17/h3-8,11-12,16,18H,2,9-10H2,1H3. The molecule has 0 saturated heterocycles. The van der Waals surface area contributed by atoms with Gasteiger partial charge in [0, 0.05) is 21.9 Å². The first-order valence-electron chi connectivity index (χ1n) is 7.10. The maximum Gasteiger partial charge on any atom is 0.134 e. The van der Waals surface area contributed by atoms with E-state index in [4.69, 9.17) is 4.42 Å². The summed E-state index contributed by atoms with van der Waals surface area (Å²) in [5, 5.41) is 6.95. The fraction of sp³-hybridized carbons (Fsp3) is 0.294. The van der Waals surface area contributed by atoms with Gasteiger partial charge in [-0.2, -0.15) is 0 Å². The molecule has 2 aromatic heterocycles. The number of benzene rings is 1. The smallest absolute Gasteiger partial charge is 0.134 e. The predicted molar refractivity (Wildman–Crippen MR) is 85.3 cm³/mol. The van der Waals surface area contributed by atoms with Crippen molar-refractivity contribution in [1.82, 2.24) is 5.32 Å². The molecule has 2 heterocycles. The molecule has 104 valence electrons.